The van der Waals surface area contributed by atoms with Crippen molar-refractivity contribution in [2.45, 2.75) is 71.0 Å². The monoisotopic (exact) mass is 269 g/mol. The van der Waals surface area contributed by atoms with E-state index in [1.165, 1.54) is 0 Å². The summed E-state index contributed by atoms with van der Waals surface area (Å²) >= 11 is 0. The first-order valence-corrected chi connectivity index (χ1v) is 7.02. The van der Waals surface area contributed by atoms with Gasteiger partial charge in [0.05, 0.1) is 5.54 Å². The van der Waals surface area contributed by atoms with Gasteiger partial charge in [-0.15, -0.1) is 0 Å². The average molecular weight is 269 g/mol. The summed E-state index contributed by atoms with van der Waals surface area (Å²) in [5.74, 6) is -0.246. The van der Waals surface area contributed by atoms with Crippen LogP contribution in [0.3, 0.4) is 0 Å². The van der Waals surface area contributed by atoms with Crippen molar-refractivity contribution in [1.82, 2.24) is 16.0 Å². The van der Waals surface area contributed by atoms with Crippen LogP contribution in [0.4, 0.5) is 0 Å². The fourth-order valence-corrected chi connectivity index (χ4v) is 2.15. The summed E-state index contributed by atoms with van der Waals surface area (Å²) in [6.45, 7) is 10.2. The van der Waals surface area contributed by atoms with E-state index >= 15 is 0 Å². The molecular weight excluding hydrogens is 242 g/mol. The van der Waals surface area contributed by atoms with Gasteiger partial charge in [-0.2, -0.15) is 0 Å². The Bertz CT molecular complexity index is 341. The molecule has 3 N–H and O–H groups in total. The smallest absolute Gasteiger partial charge is 0.242 e. The van der Waals surface area contributed by atoms with Crippen molar-refractivity contribution in [2.24, 2.45) is 0 Å². The van der Waals surface area contributed by atoms with Gasteiger partial charge in [0.2, 0.25) is 11.8 Å². The fraction of sp³-hybridized carbons (Fsp3) is 0.857. The van der Waals surface area contributed by atoms with Crippen molar-refractivity contribution >= 4 is 11.8 Å². The summed E-state index contributed by atoms with van der Waals surface area (Å²) in [4.78, 5) is 24.2. The van der Waals surface area contributed by atoms with Gasteiger partial charge in [0.15, 0.2) is 0 Å². The van der Waals surface area contributed by atoms with E-state index in [2.05, 4.69) is 16.0 Å². The molecule has 1 aliphatic heterocycles. The van der Waals surface area contributed by atoms with Crippen molar-refractivity contribution in [3.8, 4) is 0 Å². The molecule has 0 aromatic heterocycles. The highest BCUT2D eigenvalue weighted by atomic mass is 16.2. The molecule has 0 aromatic rings. The lowest BCUT2D eigenvalue weighted by molar-refractivity contribution is -0.133. The molecule has 0 radical (unpaired) electrons. The molecule has 0 bridgehead atoms. The summed E-state index contributed by atoms with van der Waals surface area (Å²) in [6.07, 6.45) is 2.95. The Morgan fingerprint density at radius 1 is 1.26 bits per heavy atom. The van der Waals surface area contributed by atoms with Crippen LogP contribution in [0.5, 0.6) is 0 Å². The fourth-order valence-electron chi connectivity index (χ4n) is 2.15. The van der Waals surface area contributed by atoms with Crippen LogP contribution in [0.2, 0.25) is 0 Å². The Labute approximate surface area is 115 Å². The van der Waals surface area contributed by atoms with Crippen molar-refractivity contribution < 1.29 is 9.59 Å². The summed E-state index contributed by atoms with van der Waals surface area (Å²) in [5.41, 5.74) is -0.836. The van der Waals surface area contributed by atoms with Gasteiger partial charge < -0.3 is 16.0 Å². The van der Waals surface area contributed by atoms with E-state index in [4.69, 9.17) is 0 Å². The molecule has 1 aliphatic rings. The van der Waals surface area contributed by atoms with E-state index in [0.717, 1.165) is 25.8 Å². The van der Waals surface area contributed by atoms with Crippen molar-refractivity contribution in [3.05, 3.63) is 0 Å². The maximum Gasteiger partial charge on any atom is 0.242 e. The van der Waals surface area contributed by atoms with E-state index in [1.807, 2.05) is 27.7 Å². The highest BCUT2D eigenvalue weighted by Crippen LogP contribution is 2.18. The molecule has 19 heavy (non-hydrogen) atoms. The van der Waals surface area contributed by atoms with Crippen LogP contribution in [0.1, 0.15) is 53.9 Å². The van der Waals surface area contributed by atoms with E-state index in [1.54, 1.807) is 6.92 Å². The van der Waals surface area contributed by atoms with Crippen LogP contribution < -0.4 is 16.0 Å². The SMILES string of the molecule is CC(NC(=O)C1(C)CCCCN1)C(=O)NC(C)(C)C. The Morgan fingerprint density at radius 2 is 1.89 bits per heavy atom. The number of piperidine rings is 1. The third-order valence-corrected chi connectivity index (χ3v) is 3.36. The molecule has 0 spiro atoms. The van der Waals surface area contributed by atoms with Crippen molar-refractivity contribution in [2.75, 3.05) is 6.54 Å². The minimum absolute atomic E-state index is 0.0937. The second kappa shape index (κ2) is 5.90. The summed E-state index contributed by atoms with van der Waals surface area (Å²) in [6, 6.07) is -0.521. The minimum atomic E-state index is -0.547. The maximum absolute atomic E-state index is 12.2. The molecule has 110 valence electrons. The first-order valence-electron chi connectivity index (χ1n) is 7.02. The Hall–Kier alpha value is -1.10. The largest absolute Gasteiger partial charge is 0.350 e. The quantitative estimate of drug-likeness (QED) is 0.714. The van der Waals surface area contributed by atoms with Gasteiger partial charge in [0, 0.05) is 5.54 Å². The standard InChI is InChI=1S/C14H27N3O2/c1-10(11(18)17-13(2,3)4)16-12(19)14(5)8-6-7-9-15-14/h10,15H,6-9H2,1-5H3,(H,16,19)(H,17,18). The number of rotatable bonds is 3. The van der Waals surface area contributed by atoms with Gasteiger partial charge in [-0.25, -0.2) is 0 Å². The number of nitrogens with one attached hydrogen (secondary N) is 3. The van der Waals surface area contributed by atoms with Gasteiger partial charge in [-0.05, 0) is 60.4 Å². The zero-order valence-electron chi connectivity index (χ0n) is 12.7. The van der Waals surface area contributed by atoms with Gasteiger partial charge in [0.1, 0.15) is 6.04 Å². The van der Waals surface area contributed by atoms with Crippen LogP contribution in [0.15, 0.2) is 0 Å². The molecule has 0 aliphatic carbocycles. The van der Waals surface area contributed by atoms with E-state index in [-0.39, 0.29) is 17.4 Å². The van der Waals surface area contributed by atoms with E-state index in [9.17, 15) is 9.59 Å². The number of hydrogen-bond acceptors (Lipinski definition) is 3. The molecule has 5 heteroatoms. The van der Waals surface area contributed by atoms with Crippen LogP contribution in [0, 0.1) is 0 Å². The molecule has 0 aromatic carbocycles. The van der Waals surface area contributed by atoms with Gasteiger partial charge in [-0.1, -0.05) is 0 Å². The molecular formula is C14H27N3O2. The van der Waals surface area contributed by atoms with Crippen LogP contribution in [0.25, 0.3) is 0 Å². The normalized spacial score (nSPS) is 25.5. The number of carbonyl (C=O) groups excluding carboxylic acids is 2. The summed E-state index contributed by atoms with van der Waals surface area (Å²) in [7, 11) is 0. The average Bonchev–Trinajstić information content (AvgIpc) is 2.27. The molecule has 1 saturated heterocycles. The maximum atomic E-state index is 12.2. The predicted octanol–water partition coefficient (Wildman–Crippen LogP) is 0.938. The molecule has 2 unspecified atom stereocenters. The van der Waals surface area contributed by atoms with Crippen LogP contribution >= 0.6 is 0 Å². The second-order valence-corrected chi connectivity index (χ2v) is 6.65. The van der Waals surface area contributed by atoms with Crippen molar-refractivity contribution in [1.29, 1.82) is 0 Å². The molecule has 2 amide bonds. The van der Waals surface area contributed by atoms with Crippen LogP contribution in [-0.4, -0.2) is 35.5 Å². The predicted molar refractivity (Wildman–Crippen MR) is 75.8 cm³/mol. The van der Waals surface area contributed by atoms with Crippen molar-refractivity contribution in [3.63, 3.8) is 0 Å². The summed E-state index contributed by atoms with van der Waals surface area (Å²) < 4.78 is 0. The minimum Gasteiger partial charge on any atom is -0.350 e. The zero-order chi connectivity index (χ0) is 14.7. The van der Waals surface area contributed by atoms with Gasteiger partial charge in [-0.3, -0.25) is 9.59 Å². The third kappa shape index (κ3) is 4.82. The van der Waals surface area contributed by atoms with Gasteiger partial charge in [0.25, 0.3) is 0 Å². The summed E-state index contributed by atoms with van der Waals surface area (Å²) in [5, 5.41) is 8.91. The Balaban J connectivity index is 2.54. The molecule has 0 saturated carbocycles. The van der Waals surface area contributed by atoms with Gasteiger partial charge >= 0.3 is 0 Å². The topological polar surface area (TPSA) is 70.2 Å². The molecule has 2 atom stereocenters. The molecule has 5 nitrogen and oxygen atoms in total. The third-order valence-electron chi connectivity index (χ3n) is 3.36. The number of amides is 2. The van der Waals surface area contributed by atoms with E-state index in [0.29, 0.717) is 0 Å². The molecule has 1 rings (SSSR count). The lowest BCUT2D eigenvalue weighted by Crippen LogP contribution is -2.60. The van der Waals surface area contributed by atoms with Crippen LogP contribution in [-0.2, 0) is 9.59 Å². The Morgan fingerprint density at radius 3 is 2.37 bits per heavy atom. The highest BCUT2D eigenvalue weighted by molar-refractivity contribution is 5.91. The molecule has 1 heterocycles. The Kier molecular flexibility index (Phi) is 4.96. The second-order valence-electron chi connectivity index (χ2n) is 6.65. The lowest BCUT2D eigenvalue weighted by Gasteiger charge is -2.34. The lowest BCUT2D eigenvalue weighted by atomic mass is 9.90. The number of carbonyl (C=O) groups is 2. The first-order chi connectivity index (χ1) is 8.64. The zero-order valence-corrected chi connectivity index (χ0v) is 12.7. The highest BCUT2D eigenvalue weighted by Gasteiger charge is 2.35. The number of hydrogen-bond donors (Lipinski definition) is 3. The first kappa shape index (κ1) is 16.0. The molecule has 1 fully saturated rings. The van der Waals surface area contributed by atoms with E-state index < -0.39 is 11.6 Å².